The average Bonchev–Trinajstić information content (AvgIpc) is 2.55. The summed E-state index contributed by atoms with van der Waals surface area (Å²) in [7, 11) is 0. The zero-order chi connectivity index (χ0) is 13.8. The maximum atomic E-state index is 11.9. The van der Waals surface area contributed by atoms with Gasteiger partial charge in [-0.2, -0.15) is 0 Å². The Kier molecular flexibility index (Phi) is 5.42. The van der Waals surface area contributed by atoms with E-state index in [1.54, 1.807) is 0 Å². The zero-order valence-corrected chi connectivity index (χ0v) is 14.1. The molecule has 1 aromatic carbocycles. The topological polar surface area (TPSA) is 41.1 Å². The normalized spacial score (nSPS) is 21.6. The Morgan fingerprint density at radius 2 is 2.16 bits per heavy atom. The van der Waals surface area contributed by atoms with Gasteiger partial charge in [0.15, 0.2) is 0 Å². The number of hydrogen-bond donors (Lipinski definition) is 2. The van der Waals surface area contributed by atoms with E-state index in [4.69, 9.17) is 0 Å². The molecule has 0 aliphatic carbocycles. The molecule has 1 saturated heterocycles. The van der Waals surface area contributed by atoms with E-state index in [-0.39, 0.29) is 18.0 Å². The lowest BCUT2D eigenvalue weighted by Crippen LogP contribution is -2.43. The molecular weight excluding hydrogens is 372 g/mol. The summed E-state index contributed by atoms with van der Waals surface area (Å²) in [5.74, 6) is 0.123. The summed E-state index contributed by atoms with van der Waals surface area (Å²) in [4.78, 5) is 11.9. The van der Waals surface area contributed by atoms with Crippen molar-refractivity contribution in [3.8, 4) is 0 Å². The number of hydrogen-bond acceptors (Lipinski definition) is 2. The van der Waals surface area contributed by atoms with Crippen LogP contribution in [0.5, 0.6) is 0 Å². The SMILES string of the molecule is CC(NC1CCCCNC1=O)c1ccc(Br)cc1Br. The number of benzene rings is 1. The molecule has 1 aliphatic rings. The molecule has 1 aromatic rings. The highest BCUT2D eigenvalue weighted by Crippen LogP contribution is 2.27. The molecule has 1 heterocycles. The molecule has 5 heteroatoms. The van der Waals surface area contributed by atoms with Crippen LogP contribution in [-0.4, -0.2) is 18.5 Å². The van der Waals surface area contributed by atoms with E-state index >= 15 is 0 Å². The van der Waals surface area contributed by atoms with Crippen LogP contribution in [0.3, 0.4) is 0 Å². The van der Waals surface area contributed by atoms with Gasteiger partial charge in [0.05, 0.1) is 6.04 Å². The fourth-order valence-electron chi connectivity index (χ4n) is 2.34. The standard InChI is InChI=1S/C14H18Br2N2O/c1-9(11-6-5-10(15)8-12(11)16)18-13-4-2-3-7-17-14(13)19/h5-6,8-9,13,18H,2-4,7H2,1H3,(H,17,19). The van der Waals surface area contributed by atoms with Crippen molar-refractivity contribution in [3.63, 3.8) is 0 Å². The number of carbonyl (C=O) groups is 1. The molecule has 2 rings (SSSR count). The van der Waals surface area contributed by atoms with Crippen molar-refractivity contribution in [2.24, 2.45) is 0 Å². The predicted octanol–water partition coefficient (Wildman–Crippen LogP) is 3.53. The summed E-state index contributed by atoms with van der Waals surface area (Å²) in [5, 5.41) is 6.38. The van der Waals surface area contributed by atoms with Crippen molar-refractivity contribution in [2.75, 3.05) is 6.54 Å². The van der Waals surface area contributed by atoms with Gasteiger partial charge in [0.1, 0.15) is 0 Å². The minimum Gasteiger partial charge on any atom is -0.355 e. The summed E-state index contributed by atoms with van der Waals surface area (Å²) in [5.41, 5.74) is 1.17. The largest absolute Gasteiger partial charge is 0.355 e. The summed E-state index contributed by atoms with van der Waals surface area (Å²) in [6.07, 6.45) is 3.06. The molecule has 0 spiro atoms. The van der Waals surface area contributed by atoms with Crippen LogP contribution in [0.25, 0.3) is 0 Å². The first kappa shape index (κ1) is 15.0. The molecule has 1 amide bonds. The van der Waals surface area contributed by atoms with E-state index in [0.717, 1.165) is 34.8 Å². The van der Waals surface area contributed by atoms with E-state index in [2.05, 4.69) is 55.5 Å². The van der Waals surface area contributed by atoms with E-state index in [1.165, 1.54) is 5.56 Å². The molecule has 1 aliphatic heterocycles. The lowest BCUT2D eigenvalue weighted by molar-refractivity contribution is -0.123. The van der Waals surface area contributed by atoms with Crippen LogP contribution in [0.1, 0.15) is 37.8 Å². The van der Waals surface area contributed by atoms with Gasteiger partial charge in [0, 0.05) is 21.5 Å². The maximum Gasteiger partial charge on any atom is 0.237 e. The van der Waals surface area contributed by atoms with Gasteiger partial charge in [-0.3, -0.25) is 10.1 Å². The van der Waals surface area contributed by atoms with Crippen LogP contribution >= 0.6 is 31.9 Å². The van der Waals surface area contributed by atoms with Gasteiger partial charge in [-0.25, -0.2) is 0 Å². The van der Waals surface area contributed by atoms with Crippen molar-refractivity contribution in [2.45, 2.75) is 38.3 Å². The van der Waals surface area contributed by atoms with Crippen molar-refractivity contribution in [3.05, 3.63) is 32.7 Å². The Morgan fingerprint density at radius 3 is 2.89 bits per heavy atom. The summed E-state index contributed by atoms with van der Waals surface area (Å²) < 4.78 is 2.10. The quantitative estimate of drug-likeness (QED) is 0.830. The first-order chi connectivity index (χ1) is 9.08. The molecule has 1 fully saturated rings. The van der Waals surface area contributed by atoms with Crippen LogP contribution in [-0.2, 0) is 4.79 Å². The van der Waals surface area contributed by atoms with Crippen LogP contribution in [0.2, 0.25) is 0 Å². The highest BCUT2D eigenvalue weighted by molar-refractivity contribution is 9.11. The molecule has 3 nitrogen and oxygen atoms in total. The number of carbonyl (C=O) groups excluding carboxylic acids is 1. The first-order valence-electron chi connectivity index (χ1n) is 6.56. The Bertz CT molecular complexity index is 465. The summed E-state index contributed by atoms with van der Waals surface area (Å²) >= 11 is 7.02. The molecule has 0 aromatic heterocycles. The third-order valence-corrected chi connectivity index (χ3v) is 4.60. The second kappa shape index (κ2) is 6.86. The van der Waals surface area contributed by atoms with Gasteiger partial charge in [-0.1, -0.05) is 37.9 Å². The van der Waals surface area contributed by atoms with Gasteiger partial charge >= 0.3 is 0 Å². The van der Waals surface area contributed by atoms with Crippen molar-refractivity contribution >= 4 is 37.8 Å². The molecule has 104 valence electrons. The third kappa shape index (κ3) is 4.04. The van der Waals surface area contributed by atoms with E-state index in [9.17, 15) is 4.79 Å². The molecule has 0 bridgehead atoms. The monoisotopic (exact) mass is 388 g/mol. The molecule has 2 N–H and O–H groups in total. The van der Waals surface area contributed by atoms with Crippen LogP contribution in [0, 0.1) is 0 Å². The Labute approximate surface area is 130 Å². The zero-order valence-electron chi connectivity index (χ0n) is 10.9. The number of rotatable bonds is 3. The van der Waals surface area contributed by atoms with Gasteiger partial charge in [0.2, 0.25) is 5.91 Å². The Hall–Kier alpha value is -0.390. The van der Waals surface area contributed by atoms with Crippen LogP contribution < -0.4 is 10.6 Å². The van der Waals surface area contributed by atoms with Gasteiger partial charge in [-0.05, 0) is 43.9 Å². The second-order valence-electron chi connectivity index (χ2n) is 4.89. The molecule has 0 saturated carbocycles. The van der Waals surface area contributed by atoms with Crippen molar-refractivity contribution in [1.29, 1.82) is 0 Å². The fourth-order valence-corrected chi connectivity index (χ4v) is 3.73. The van der Waals surface area contributed by atoms with Crippen molar-refractivity contribution < 1.29 is 4.79 Å². The average molecular weight is 390 g/mol. The minimum atomic E-state index is -0.0898. The third-order valence-electron chi connectivity index (χ3n) is 3.42. The molecule has 2 unspecified atom stereocenters. The Morgan fingerprint density at radius 1 is 1.37 bits per heavy atom. The van der Waals surface area contributed by atoms with E-state index in [0.29, 0.717) is 0 Å². The first-order valence-corrected chi connectivity index (χ1v) is 8.15. The van der Waals surface area contributed by atoms with Gasteiger partial charge < -0.3 is 5.32 Å². The van der Waals surface area contributed by atoms with Crippen LogP contribution in [0.15, 0.2) is 27.1 Å². The van der Waals surface area contributed by atoms with Gasteiger partial charge in [-0.15, -0.1) is 0 Å². The smallest absolute Gasteiger partial charge is 0.237 e. The maximum absolute atomic E-state index is 11.9. The summed E-state index contributed by atoms with van der Waals surface area (Å²) in [6, 6.07) is 6.16. The fraction of sp³-hybridized carbons (Fsp3) is 0.500. The van der Waals surface area contributed by atoms with E-state index < -0.39 is 0 Å². The molecule has 0 radical (unpaired) electrons. The lowest BCUT2D eigenvalue weighted by Gasteiger charge is -2.22. The predicted molar refractivity (Wildman–Crippen MR) is 84.0 cm³/mol. The number of halogens is 2. The highest BCUT2D eigenvalue weighted by Gasteiger charge is 2.23. The molecule has 19 heavy (non-hydrogen) atoms. The Balaban J connectivity index is 2.07. The van der Waals surface area contributed by atoms with Gasteiger partial charge in [0.25, 0.3) is 0 Å². The minimum absolute atomic E-state index is 0.0898. The number of amides is 1. The van der Waals surface area contributed by atoms with Crippen LogP contribution in [0.4, 0.5) is 0 Å². The highest BCUT2D eigenvalue weighted by atomic mass is 79.9. The summed E-state index contributed by atoms with van der Waals surface area (Å²) in [6.45, 7) is 2.89. The van der Waals surface area contributed by atoms with E-state index in [1.807, 2.05) is 12.1 Å². The molecule has 2 atom stereocenters. The van der Waals surface area contributed by atoms with Crippen molar-refractivity contribution in [1.82, 2.24) is 10.6 Å². The number of nitrogens with one attached hydrogen (secondary N) is 2. The molecular formula is C14H18Br2N2O. The lowest BCUT2D eigenvalue weighted by atomic mass is 10.1. The second-order valence-corrected chi connectivity index (χ2v) is 6.66.